The first kappa shape index (κ1) is 16.5. The molecule has 1 saturated heterocycles. The fraction of sp³-hybridized carbons (Fsp3) is 0.412. The molecule has 1 fully saturated rings. The van der Waals surface area contributed by atoms with E-state index in [0.29, 0.717) is 0 Å². The molecule has 0 unspecified atom stereocenters. The molecule has 4 nitrogen and oxygen atoms in total. The molecule has 128 valence electrons. The molecule has 0 aliphatic carbocycles. The van der Waals surface area contributed by atoms with Crippen LogP contribution < -0.4 is 0 Å². The van der Waals surface area contributed by atoms with Crippen LogP contribution in [-0.4, -0.2) is 33.5 Å². The van der Waals surface area contributed by atoms with E-state index in [2.05, 4.69) is 10.1 Å². The van der Waals surface area contributed by atoms with Crippen molar-refractivity contribution in [3.63, 3.8) is 0 Å². The SMILES string of the molecule is FC(F)(F)c1ccccc1C(=NN1CCCCCC1)n1ccnc1. The molecule has 0 saturated carbocycles. The van der Waals surface area contributed by atoms with Crippen molar-refractivity contribution in [2.45, 2.75) is 31.9 Å². The summed E-state index contributed by atoms with van der Waals surface area (Å²) in [6.45, 7) is 1.51. The second-order valence-corrected chi connectivity index (χ2v) is 5.80. The maximum atomic E-state index is 13.4. The Morgan fingerprint density at radius 1 is 1.04 bits per heavy atom. The lowest BCUT2D eigenvalue weighted by molar-refractivity contribution is -0.137. The van der Waals surface area contributed by atoms with Crippen molar-refractivity contribution in [1.29, 1.82) is 0 Å². The van der Waals surface area contributed by atoms with Gasteiger partial charge < -0.3 is 0 Å². The minimum Gasteiger partial charge on any atom is -0.295 e. The minimum atomic E-state index is -4.43. The summed E-state index contributed by atoms with van der Waals surface area (Å²) in [4.78, 5) is 3.95. The minimum absolute atomic E-state index is 0.0623. The van der Waals surface area contributed by atoms with Gasteiger partial charge in [-0.1, -0.05) is 31.0 Å². The molecule has 3 rings (SSSR count). The Morgan fingerprint density at radius 2 is 1.75 bits per heavy atom. The number of hydrogen-bond donors (Lipinski definition) is 0. The predicted molar refractivity (Wildman–Crippen MR) is 85.6 cm³/mol. The number of nitrogens with zero attached hydrogens (tertiary/aromatic N) is 4. The average Bonchev–Trinajstić information content (AvgIpc) is 2.96. The number of hydrogen-bond acceptors (Lipinski definition) is 3. The third-order valence-electron chi connectivity index (χ3n) is 4.04. The van der Waals surface area contributed by atoms with E-state index in [1.165, 1.54) is 29.2 Å². The molecular weight excluding hydrogens is 317 g/mol. The van der Waals surface area contributed by atoms with Crippen molar-refractivity contribution in [3.05, 3.63) is 54.1 Å². The van der Waals surface area contributed by atoms with Gasteiger partial charge in [0.25, 0.3) is 0 Å². The van der Waals surface area contributed by atoms with Crippen molar-refractivity contribution in [3.8, 4) is 0 Å². The van der Waals surface area contributed by atoms with Crippen LogP contribution in [0.5, 0.6) is 0 Å². The first-order chi connectivity index (χ1) is 11.6. The van der Waals surface area contributed by atoms with Crippen molar-refractivity contribution in [1.82, 2.24) is 14.6 Å². The fourth-order valence-electron chi connectivity index (χ4n) is 2.84. The molecule has 0 radical (unpaired) electrons. The molecule has 1 aliphatic rings. The van der Waals surface area contributed by atoms with Gasteiger partial charge in [-0.3, -0.25) is 9.58 Å². The highest BCUT2D eigenvalue weighted by molar-refractivity contribution is 6.01. The standard InChI is InChI=1S/C17H19F3N4/c18-17(19,20)15-8-4-3-7-14(15)16(23-12-9-21-13-23)22-24-10-5-1-2-6-11-24/h3-4,7-9,12-13H,1-2,5-6,10-11H2. The van der Waals surface area contributed by atoms with Crippen LogP contribution in [0.1, 0.15) is 36.8 Å². The van der Waals surface area contributed by atoms with E-state index >= 15 is 0 Å². The van der Waals surface area contributed by atoms with Gasteiger partial charge in [0, 0.05) is 31.0 Å². The molecule has 1 aliphatic heterocycles. The third-order valence-corrected chi connectivity index (χ3v) is 4.04. The van der Waals surface area contributed by atoms with Crippen molar-refractivity contribution < 1.29 is 13.2 Å². The summed E-state index contributed by atoms with van der Waals surface area (Å²) >= 11 is 0. The molecule has 1 aromatic carbocycles. The second kappa shape index (κ2) is 7.07. The largest absolute Gasteiger partial charge is 0.417 e. The maximum Gasteiger partial charge on any atom is 0.417 e. The molecule has 24 heavy (non-hydrogen) atoms. The van der Waals surface area contributed by atoms with E-state index in [1.807, 2.05) is 5.01 Å². The van der Waals surface area contributed by atoms with Crippen LogP contribution in [-0.2, 0) is 6.18 Å². The van der Waals surface area contributed by atoms with Gasteiger partial charge in [0.2, 0.25) is 0 Å². The lowest BCUT2D eigenvalue weighted by atomic mass is 10.1. The molecule has 7 heteroatoms. The number of aromatic nitrogens is 2. The molecule has 0 spiro atoms. The van der Waals surface area contributed by atoms with Gasteiger partial charge >= 0.3 is 6.18 Å². The van der Waals surface area contributed by atoms with Gasteiger partial charge in [-0.2, -0.15) is 18.3 Å². The third kappa shape index (κ3) is 3.77. The van der Waals surface area contributed by atoms with E-state index in [4.69, 9.17) is 0 Å². The highest BCUT2D eigenvalue weighted by Crippen LogP contribution is 2.32. The van der Waals surface area contributed by atoms with Crippen molar-refractivity contribution in [2.24, 2.45) is 5.10 Å². The Kier molecular flexibility index (Phi) is 4.87. The van der Waals surface area contributed by atoms with Crippen LogP contribution >= 0.6 is 0 Å². The first-order valence-electron chi connectivity index (χ1n) is 8.04. The van der Waals surface area contributed by atoms with Gasteiger partial charge in [-0.25, -0.2) is 4.98 Å². The van der Waals surface area contributed by atoms with Crippen molar-refractivity contribution >= 4 is 5.84 Å². The molecule has 0 bridgehead atoms. The highest BCUT2D eigenvalue weighted by Gasteiger charge is 2.34. The molecule has 2 aromatic rings. The Bertz CT molecular complexity index is 684. The zero-order valence-corrected chi connectivity index (χ0v) is 13.2. The van der Waals surface area contributed by atoms with Crippen LogP contribution in [0.25, 0.3) is 0 Å². The molecular formula is C17H19F3N4. The average molecular weight is 336 g/mol. The summed E-state index contributed by atoms with van der Waals surface area (Å²) in [6, 6.07) is 5.53. The Morgan fingerprint density at radius 3 is 2.38 bits per heavy atom. The fourth-order valence-corrected chi connectivity index (χ4v) is 2.84. The highest BCUT2D eigenvalue weighted by atomic mass is 19.4. The zero-order chi connectivity index (χ0) is 17.0. The summed E-state index contributed by atoms with van der Waals surface area (Å²) in [5.41, 5.74) is -0.625. The van der Waals surface area contributed by atoms with Gasteiger partial charge in [0.05, 0.1) is 5.56 Å². The molecule has 2 heterocycles. The topological polar surface area (TPSA) is 33.4 Å². The normalized spacial score (nSPS) is 17.0. The smallest absolute Gasteiger partial charge is 0.295 e. The van der Waals surface area contributed by atoms with Gasteiger partial charge in [-0.05, 0) is 18.9 Å². The number of rotatable bonds is 2. The van der Waals surface area contributed by atoms with Gasteiger partial charge in [-0.15, -0.1) is 0 Å². The molecule has 0 atom stereocenters. The summed E-state index contributed by atoms with van der Waals surface area (Å²) in [5, 5.41) is 6.43. The lowest BCUT2D eigenvalue weighted by Gasteiger charge is -2.20. The number of hydrazone groups is 1. The molecule has 0 amide bonds. The number of halogens is 3. The molecule has 1 aromatic heterocycles. The quantitative estimate of drug-likeness (QED) is 0.614. The Labute approximate surface area is 138 Å². The Balaban J connectivity index is 2.07. The maximum absolute atomic E-state index is 13.4. The monoisotopic (exact) mass is 336 g/mol. The number of imidazole rings is 1. The van der Waals surface area contributed by atoms with Gasteiger partial charge in [0.1, 0.15) is 6.33 Å². The van der Waals surface area contributed by atoms with E-state index < -0.39 is 11.7 Å². The summed E-state index contributed by atoms with van der Waals surface area (Å²) in [7, 11) is 0. The van der Waals surface area contributed by atoms with Crippen LogP contribution in [0, 0.1) is 0 Å². The summed E-state index contributed by atoms with van der Waals surface area (Å²) < 4.78 is 41.7. The summed E-state index contributed by atoms with van der Waals surface area (Å²) in [6.07, 6.45) is 4.46. The van der Waals surface area contributed by atoms with E-state index in [0.717, 1.165) is 44.8 Å². The van der Waals surface area contributed by atoms with Crippen molar-refractivity contribution in [2.75, 3.05) is 13.1 Å². The van der Waals surface area contributed by atoms with Crippen LogP contribution in [0.2, 0.25) is 0 Å². The lowest BCUT2D eigenvalue weighted by Crippen LogP contribution is -2.25. The van der Waals surface area contributed by atoms with E-state index in [1.54, 1.807) is 12.3 Å². The van der Waals surface area contributed by atoms with Crippen LogP contribution in [0.3, 0.4) is 0 Å². The zero-order valence-electron chi connectivity index (χ0n) is 13.2. The molecule has 0 N–H and O–H groups in total. The number of alkyl halides is 3. The van der Waals surface area contributed by atoms with E-state index in [9.17, 15) is 13.2 Å². The van der Waals surface area contributed by atoms with E-state index in [-0.39, 0.29) is 11.4 Å². The van der Waals surface area contributed by atoms with Gasteiger partial charge in [0.15, 0.2) is 5.84 Å². The predicted octanol–water partition coefficient (Wildman–Crippen LogP) is 3.99. The van der Waals surface area contributed by atoms with Crippen LogP contribution in [0.4, 0.5) is 13.2 Å². The van der Waals surface area contributed by atoms with Crippen LogP contribution in [0.15, 0.2) is 48.1 Å². The first-order valence-corrected chi connectivity index (χ1v) is 8.04. The Hall–Kier alpha value is -2.31. The second-order valence-electron chi connectivity index (χ2n) is 5.80. The summed E-state index contributed by atoms with van der Waals surface area (Å²) in [5.74, 6) is 0.252. The number of benzene rings is 1.